The van der Waals surface area contributed by atoms with E-state index in [2.05, 4.69) is 5.32 Å². The van der Waals surface area contributed by atoms with Crippen LogP contribution in [0.3, 0.4) is 0 Å². The van der Waals surface area contributed by atoms with Gasteiger partial charge in [-0.25, -0.2) is 14.2 Å². The topological polar surface area (TPSA) is 68.3 Å². The van der Waals surface area contributed by atoms with Gasteiger partial charge >= 0.3 is 5.97 Å². The van der Waals surface area contributed by atoms with E-state index < -0.39 is 17.7 Å². The van der Waals surface area contributed by atoms with E-state index in [1.807, 2.05) is 24.3 Å². The lowest BCUT2D eigenvalue weighted by molar-refractivity contribution is 0.0603. The highest BCUT2D eigenvalue weighted by Crippen LogP contribution is 2.38. The Balaban J connectivity index is 1.63. The zero-order chi connectivity index (χ0) is 27.0. The molecule has 0 atom stereocenters. The molecule has 0 unspecified atom stereocenters. The predicted octanol–water partition coefficient (Wildman–Crippen LogP) is 8.42. The first-order valence-electron chi connectivity index (χ1n) is 11.4. The van der Waals surface area contributed by atoms with Crippen LogP contribution < -0.4 is 5.32 Å². The molecule has 3 aromatic carbocycles. The first-order valence-corrected chi connectivity index (χ1v) is 13.0. The van der Waals surface area contributed by atoms with Gasteiger partial charge in [0.25, 0.3) is 5.91 Å². The van der Waals surface area contributed by atoms with Gasteiger partial charge in [-0.2, -0.15) is 0 Å². The van der Waals surface area contributed by atoms with Crippen molar-refractivity contribution in [3.63, 3.8) is 0 Å². The Labute approximate surface area is 231 Å². The van der Waals surface area contributed by atoms with E-state index in [0.29, 0.717) is 59.5 Å². The minimum atomic E-state index is -0.620. The highest BCUT2D eigenvalue weighted by Gasteiger charge is 2.25. The van der Waals surface area contributed by atoms with E-state index in [1.54, 1.807) is 42.6 Å². The molecule has 0 aliphatic carbocycles. The van der Waals surface area contributed by atoms with Gasteiger partial charge in [-0.05, 0) is 54.4 Å². The number of thiophene rings is 1. The van der Waals surface area contributed by atoms with Gasteiger partial charge in [-0.1, -0.05) is 53.5 Å². The van der Waals surface area contributed by atoms with Crippen molar-refractivity contribution in [3.8, 4) is 22.4 Å². The van der Waals surface area contributed by atoms with E-state index in [0.717, 1.165) is 0 Å². The largest absolute Gasteiger partial charge is 0.465 e. The quantitative estimate of drug-likeness (QED) is 0.217. The van der Waals surface area contributed by atoms with Crippen LogP contribution in [0.2, 0.25) is 10.0 Å². The maximum atomic E-state index is 13.8. The van der Waals surface area contributed by atoms with Gasteiger partial charge < -0.3 is 10.1 Å². The standard InChI is InChI=1S/C29H19Cl2FN2O3S/c1-15-24(20-5-3-4-6-23(20)33-26(15)19-12-9-17(30)13-22(19)31)27(35)34-28-25(29(36)37-2)21(14-38-28)16-7-10-18(32)11-8-16/h3-14H,1-2H3,(H,34,35). The number of nitrogens with zero attached hydrogens (tertiary/aromatic N) is 1. The average Bonchev–Trinajstić information content (AvgIpc) is 3.31. The van der Waals surface area contributed by atoms with Crippen LogP contribution >= 0.6 is 34.5 Å². The number of benzene rings is 3. The Morgan fingerprint density at radius 1 is 0.974 bits per heavy atom. The lowest BCUT2D eigenvalue weighted by Gasteiger charge is -2.16. The Kier molecular flexibility index (Phi) is 7.17. The summed E-state index contributed by atoms with van der Waals surface area (Å²) in [7, 11) is 1.27. The van der Waals surface area contributed by atoms with Gasteiger partial charge in [0.05, 0.1) is 28.9 Å². The molecule has 0 fully saturated rings. The molecule has 9 heteroatoms. The molecule has 5 rings (SSSR count). The van der Waals surface area contributed by atoms with Crippen molar-refractivity contribution in [2.24, 2.45) is 0 Å². The lowest BCUT2D eigenvalue weighted by Crippen LogP contribution is -2.17. The van der Waals surface area contributed by atoms with Crippen molar-refractivity contribution in [3.05, 3.63) is 105 Å². The lowest BCUT2D eigenvalue weighted by atomic mass is 9.97. The summed E-state index contributed by atoms with van der Waals surface area (Å²) in [6.07, 6.45) is 0. The number of ether oxygens (including phenoxy) is 1. The zero-order valence-electron chi connectivity index (χ0n) is 20.1. The molecule has 5 aromatic rings. The van der Waals surface area contributed by atoms with Crippen LogP contribution in [-0.4, -0.2) is 24.0 Å². The second-order valence-electron chi connectivity index (χ2n) is 8.41. The van der Waals surface area contributed by atoms with E-state index in [9.17, 15) is 14.0 Å². The second kappa shape index (κ2) is 10.5. The summed E-state index contributed by atoms with van der Waals surface area (Å²) in [5.41, 5.74) is 4.13. The highest BCUT2D eigenvalue weighted by atomic mass is 35.5. The molecule has 0 saturated heterocycles. The molecule has 190 valence electrons. The van der Waals surface area contributed by atoms with Crippen LogP contribution in [0.25, 0.3) is 33.3 Å². The molecule has 2 heterocycles. The molecular formula is C29H19Cl2FN2O3S. The van der Waals surface area contributed by atoms with Gasteiger partial charge in [0, 0.05) is 26.9 Å². The Bertz CT molecular complexity index is 1720. The smallest absolute Gasteiger partial charge is 0.341 e. The molecule has 2 aromatic heterocycles. The predicted molar refractivity (Wildman–Crippen MR) is 151 cm³/mol. The van der Waals surface area contributed by atoms with Crippen LogP contribution in [0, 0.1) is 12.7 Å². The van der Waals surface area contributed by atoms with Crippen LogP contribution in [-0.2, 0) is 4.74 Å². The van der Waals surface area contributed by atoms with Gasteiger partial charge in [-0.15, -0.1) is 11.3 Å². The Morgan fingerprint density at radius 3 is 2.42 bits per heavy atom. The molecule has 1 N–H and O–H groups in total. The minimum absolute atomic E-state index is 0.189. The van der Waals surface area contributed by atoms with Crippen LogP contribution in [0.15, 0.2) is 72.1 Å². The molecule has 5 nitrogen and oxygen atoms in total. The van der Waals surface area contributed by atoms with Crippen molar-refractivity contribution in [2.75, 3.05) is 12.4 Å². The summed E-state index contributed by atoms with van der Waals surface area (Å²) in [6, 6.07) is 18.1. The summed E-state index contributed by atoms with van der Waals surface area (Å²) in [5, 5.41) is 6.48. The number of fused-ring (bicyclic) bond motifs is 1. The normalized spacial score (nSPS) is 11.0. The number of esters is 1. The van der Waals surface area contributed by atoms with Crippen molar-refractivity contribution in [2.45, 2.75) is 6.92 Å². The fourth-order valence-electron chi connectivity index (χ4n) is 4.31. The maximum Gasteiger partial charge on any atom is 0.341 e. The zero-order valence-corrected chi connectivity index (χ0v) is 22.5. The number of carbonyl (C=O) groups is 2. The number of rotatable bonds is 5. The number of anilines is 1. The third-order valence-electron chi connectivity index (χ3n) is 6.11. The summed E-state index contributed by atoms with van der Waals surface area (Å²) < 4.78 is 18.5. The van der Waals surface area contributed by atoms with Gasteiger partial charge in [-0.3, -0.25) is 4.79 Å². The number of aromatic nitrogens is 1. The van der Waals surface area contributed by atoms with Crippen molar-refractivity contribution >= 4 is 62.3 Å². The van der Waals surface area contributed by atoms with E-state index >= 15 is 0 Å². The van der Waals surface area contributed by atoms with E-state index in [-0.39, 0.29) is 5.56 Å². The number of para-hydroxylation sites is 1. The fourth-order valence-corrected chi connectivity index (χ4v) is 5.76. The molecule has 0 aliphatic rings. The van der Waals surface area contributed by atoms with Crippen molar-refractivity contribution in [1.29, 1.82) is 0 Å². The Morgan fingerprint density at radius 2 is 1.71 bits per heavy atom. The first-order chi connectivity index (χ1) is 18.3. The molecular weight excluding hydrogens is 546 g/mol. The van der Waals surface area contributed by atoms with Gasteiger partial charge in [0.15, 0.2) is 0 Å². The SMILES string of the molecule is COC(=O)c1c(-c2ccc(F)cc2)csc1NC(=O)c1c(C)c(-c2ccc(Cl)cc2Cl)nc2ccccc12. The molecule has 0 bridgehead atoms. The maximum absolute atomic E-state index is 13.8. The Hall–Kier alpha value is -3.78. The van der Waals surface area contributed by atoms with E-state index in [1.165, 1.54) is 30.6 Å². The third kappa shape index (κ3) is 4.76. The number of halogens is 3. The summed E-state index contributed by atoms with van der Waals surface area (Å²) in [6.45, 7) is 1.80. The molecule has 1 amide bonds. The van der Waals surface area contributed by atoms with Crippen LogP contribution in [0.1, 0.15) is 26.3 Å². The third-order valence-corrected chi connectivity index (χ3v) is 7.56. The van der Waals surface area contributed by atoms with E-state index in [4.69, 9.17) is 32.9 Å². The molecule has 0 aliphatic heterocycles. The first kappa shape index (κ1) is 25.9. The molecule has 0 radical (unpaired) electrons. The number of pyridine rings is 1. The second-order valence-corrected chi connectivity index (χ2v) is 10.1. The highest BCUT2D eigenvalue weighted by molar-refractivity contribution is 7.15. The number of hydrogen-bond acceptors (Lipinski definition) is 5. The number of nitrogens with one attached hydrogen (secondary N) is 1. The van der Waals surface area contributed by atoms with Crippen molar-refractivity contribution < 1.29 is 18.7 Å². The number of amides is 1. The average molecular weight is 565 g/mol. The van der Waals surface area contributed by atoms with Crippen LogP contribution in [0.4, 0.5) is 9.39 Å². The number of carbonyl (C=O) groups excluding carboxylic acids is 2. The van der Waals surface area contributed by atoms with Gasteiger partial charge in [0.2, 0.25) is 0 Å². The fraction of sp³-hybridized carbons (Fsp3) is 0.0690. The van der Waals surface area contributed by atoms with Crippen LogP contribution in [0.5, 0.6) is 0 Å². The molecule has 0 saturated carbocycles. The summed E-state index contributed by atoms with van der Waals surface area (Å²) in [4.78, 5) is 31.4. The summed E-state index contributed by atoms with van der Waals surface area (Å²) in [5.74, 6) is -1.44. The minimum Gasteiger partial charge on any atom is -0.465 e. The number of methoxy groups -OCH3 is 1. The summed E-state index contributed by atoms with van der Waals surface area (Å²) >= 11 is 13.8. The molecule has 0 spiro atoms. The number of hydrogen-bond donors (Lipinski definition) is 1. The monoisotopic (exact) mass is 564 g/mol. The molecule has 38 heavy (non-hydrogen) atoms. The van der Waals surface area contributed by atoms with Gasteiger partial charge in [0.1, 0.15) is 16.4 Å². The van der Waals surface area contributed by atoms with Crippen molar-refractivity contribution in [1.82, 2.24) is 4.98 Å².